The quantitative estimate of drug-likeness (QED) is 0.201. The molecule has 0 spiro atoms. The van der Waals surface area contributed by atoms with Gasteiger partial charge < -0.3 is 8.98 Å². The maximum Gasteiger partial charge on any atom is 0.200 e. The zero-order chi connectivity index (χ0) is 29.8. The number of hydrogen-bond acceptors (Lipinski definition) is 2. The van der Waals surface area contributed by atoms with Crippen LogP contribution in [-0.2, 0) is 5.41 Å². The highest BCUT2D eigenvalue weighted by molar-refractivity contribution is 6.12. The molecule has 0 unspecified atom stereocenters. The summed E-state index contributed by atoms with van der Waals surface area (Å²) < 4.78 is 8.99. The van der Waals surface area contributed by atoms with E-state index >= 15 is 0 Å². The number of para-hydroxylation sites is 1. The molecule has 7 aromatic rings. The summed E-state index contributed by atoms with van der Waals surface area (Å²) in [5, 5.41) is 3.73. The van der Waals surface area contributed by atoms with E-state index < -0.39 is 0 Å². The number of benzene rings is 5. The number of rotatable bonds is 3. The second kappa shape index (κ2) is 8.94. The molecule has 0 amide bonds. The van der Waals surface area contributed by atoms with Gasteiger partial charge in [0.15, 0.2) is 0 Å². The van der Waals surface area contributed by atoms with Crippen LogP contribution < -0.4 is 5.43 Å². The summed E-state index contributed by atoms with van der Waals surface area (Å²) in [6.45, 7) is 13.3. The number of nitrogens with zero attached hydrogens (tertiary/aromatic N) is 1. The Labute approximate surface area is 251 Å². The van der Waals surface area contributed by atoms with Crippen molar-refractivity contribution in [3.63, 3.8) is 0 Å². The normalized spacial score (nSPS) is 14.0. The summed E-state index contributed by atoms with van der Waals surface area (Å²) in [6.07, 6.45) is 0. The van der Waals surface area contributed by atoms with Gasteiger partial charge in [0, 0.05) is 27.9 Å². The zero-order valence-corrected chi connectivity index (χ0v) is 25.6. The summed E-state index contributed by atoms with van der Waals surface area (Å²) in [6, 6.07) is 32.5. The van der Waals surface area contributed by atoms with E-state index in [0.29, 0.717) is 27.9 Å². The lowest BCUT2D eigenvalue weighted by atomic mass is 9.82. The Morgan fingerprint density at radius 1 is 0.651 bits per heavy atom. The van der Waals surface area contributed by atoms with Crippen LogP contribution in [0.25, 0.3) is 60.6 Å². The Kier molecular flexibility index (Phi) is 5.41. The molecule has 1 aliphatic carbocycles. The predicted molar refractivity (Wildman–Crippen MR) is 180 cm³/mol. The maximum atomic E-state index is 13.9. The Morgan fingerprint density at radius 2 is 1.42 bits per heavy atom. The predicted octanol–water partition coefficient (Wildman–Crippen LogP) is 10.6. The van der Waals surface area contributed by atoms with E-state index in [0.717, 1.165) is 22.3 Å². The molecule has 0 bridgehead atoms. The Balaban J connectivity index is 1.43. The second-order valence-electron chi connectivity index (χ2n) is 13.3. The number of hydrogen-bond donors (Lipinski definition) is 0. The van der Waals surface area contributed by atoms with E-state index in [1.165, 1.54) is 38.6 Å². The number of fused-ring (bicyclic) bond motifs is 8. The largest absolute Gasteiger partial charge is 0.455 e. The molecule has 3 heteroatoms. The van der Waals surface area contributed by atoms with Gasteiger partial charge in [-0.15, -0.1) is 0 Å². The average molecular weight is 562 g/mol. The van der Waals surface area contributed by atoms with Crippen molar-refractivity contribution in [3.05, 3.63) is 123 Å². The molecule has 3 nitrogen and oxygen atoms in total. The van der Waals surface area contributed by atoms with E-state index in [2.05, 4.69) is 125 Å². The first-order chi connectivity index (χ1) is 20.6. The van der Waals surface area contributed by atoms with Crippen LogP contribution in [0.15, 0.2) is 100 Å². The molecule has 0 N–H and O–H groups in total. The van der Waals surface area contributed by atoms with Gasteiger partial charge in [0.05, 0.1) is 21.8 Å². The van der Waals surface area contributed by atoms with Gasteiger partial charge in [-0.1, -0.05) is 90.1 Å². The first kappa shape index (κ1) is 26.0. The topological polar surface area (TPSA) is 35.1 Å². The lowest BCUT2D eigenvalue weighted by Crippen LogP contribution is -2.15. The Hall–Kier alpha value is -4.63. The van der Waals surface area contributed by atoms with Crippen molar-refractivity contribution in [3.8, 4) is 16.8 Å². The summed E-state index contributed by atoms with van der Waals surface area (Å²) >= 11 is 0. The van der Waals surface area contributed by atoms with Crippen molar-refractivity contribution in [2.75, 3.05) is 0 Å². The van der Waals surface area contributed by atoms with Crippen LogP contribution in [0.1, 0.15) is 75.6 Å². The molecule has 0 fully saturated rings. The monoisotopic (exact) mass is 561 g/mol. The first-order valence-corrected chi connectivity index (χ1v) is 15.4. The zero-order valence-electron chi connectivity index (χ0n) is 25.6. The van der Waals surface area contributed by atoms with Crippen LogP contribution in [-0.4, -0.2) is 4.57 Å². The lowest BCUT2D eigenvalue weighted by Gasteiger charge is -2.21. The fraction of sp³-hybridized carbons (Fsp3) is 0.225. The van der Waals surface area contributed by atoms with Crippen LogP contribution >= 0.6 is 0 Å². The minimum atomic E-state index is -0.0986. The van der Waals surface area contributed by atoms with Crippen LogP contribution in [0.3, 0.4) is 0 Å². The maximum absolute atomic E-state index is 13.9. The third-order valence-corrected chi connectivity index (χ3v) is 9.73. The van der Waals surface area contributed by atoms with Gasteiger partial charge in [0.2, 0.25) is 5.43 Å². The summed E-state index contributed by atoms with van der Waals surface area (Å²) in [7, 11) is 0. The molecule has 8 rings (SSSR count). The van der Waals surface area contributed by atoms with Gasteiger partial charge in [0.1, 0.15) is 11.2 Å². The van der Waals surface area contributed by atoms with Gasteiger partial charge in [-0.25, -0.2) is 0 Å². The molecule has 5 aromatic carbocycles. The van der Waals surface area contributed by atoms with Crippen LogP contribution in [0.2, 0.25) is 0 Å². The van der Waals surface area contributed by atoms with Crippen molar-refractivity contribution in [2.24, 2.45) is 0 Å². The van der Waals surface area contributed by atoms with Crippen molar-refractivity contribution < 1.29 is 4.42 Å². The standard InChI is InChI=1S/C40H35NO2/c1-22(2)24-17-29(23(3)4)39-32(18-24)38(42)28-16-15-25(19-37(28)43-39)41-35-14-10-8-12-27(35)31-20-30-26-11-7-9-13-33(26)40(5,6)34(30)21-36(31)41/h7-23H,1-6H3. The van der Waals surface area contributed by atoms with E-state index in [4.69, 9.17) is 4.42 Å². The Bertz CT molecular complexity index is 2350. The average Bonchev–Trinajstić information content (AvgIpc) is 3.44. The molecule has 0 radical (unpaired) electrons. The molecule has 0 saturated heterocycles. The van der Waals surface area contributed by atoms with Crippen LogP contribution in [0.4, 0.5) is 0 Å². The third-order valence-electron chi connectivity index (χ3n) is 9.73. The van der Waals surface area contributed by atoms with E-state index in [9.17, 15) is 4.79 Å². The smallest absolute Gasteiger partial charge is 0.200 e. The fourth-order valence-electron chi connectivity index (χ4n) is 7.34. The van der Waals surface area contributed by atoms with Gasteiger partial charge >= 0.3 is 0 Å². The highest BCUT2D eigenvalue weighted by Gasteiger charge is 2.36. The van der Waals surface area contributed by atoms with E-state index in [1.54, 1.807) is 0 Å². The molecule has 0 saturated carbocycles. The van der Waals surface area contributed by atoms with E-state index in [-0.39, 0.29) is 16.8 Å². The van der Waals surface area contributed by atoms with Crippen molar-refractivity contribution >= 4 is 43.7 Å². The molecule has 0 atom stereocenters. The fourth-order valence-corrected chi connectivity index (χ4v) is 7.34. The van der Waals surface area contributed by atoms with Crippen LogP contribution in [0.5, 0.6) is 0 Å². The van der Waals surface area contributed by atoms with Gasteiger partial charge in [-0.3, -0.25) is 4.79 Å². The first-order valence-electron chi connectivity index (χ1n) is 15.4. The molecule has 0 aliphatic heterocycles. The molecule has 1 aliphatic rings. The van der Waals surface area contributed by atoms with Gasteiger partial charge in [0.25, 0.3) is 0 Å². The van der Waals surface area contributed by atoms with Crippen molar-refractivity contribution in [1.29, 1.82) is 0 Å². The second-order valence-corrected chi connectivity index (χ2v) is 13.3. The minimum Gasteiger partial charge on any atom is -0.455 e. The summed E-state index contributed by atoms with van der Waals surface area (Å²) in [4.78, 5) is 13.9. The number of aromatic nitrogens is 1. The highest BCUT2D eigenvalue weighted by Crippen LogP contribution is 2.51. The van der Waals surface area contributed by atoms with E-state index in [1.807, 2.05) is 12.1 Å². The van der Waals surface area contributed by atoms with Gasteiger partial charge in [-0.2, -0.15) is 0 Å². The molecule has 2 aromatic heterocycles. The summed E-state index contributed by atoms with van der Waals surface area (Å²) in [5.41, 5.74) is 12.1. The SMILES string of the molecule is CC(C)c1cc(C(C)C)c2oc3cc(-n4c5ccccc5c5cc6c(cc54)C(C)(C)c4ccccc4-6)ccc3c(=O)c2c1. The Morgan fingerprint density at radius 3 is 2.21 bits per heavy atom. The van der Waals surface area contributed by atoms with Crippen molar-refractivity contribution in [1.82, 2.24) is 4.57 Å². The highest BCUT2D eigenvalue weighted by atomic mass is 16.3. The van der Waals surface area contributed by atoms with Crippen LogP contribution in [0, 0.1) is 0 Å². The molecule has 2 heterocycles. The molecular formula is C40H35NO2. The lowest BCUT2D eigenvalue weighted by molar-refractivity contribution is 0.647. The van der Waals surface area contributed by atoms with Crippen molar-refractivity contribution in [2.45, 2.75) is 58.8 Å². The minimum absolute atomic E-state index is 0.0340. The molecule has 212 valence electrons. The van der Waals surface area contributed by atoms with Gasteiger partial charge in [-0.05, 0) is 81.6 Å². The third kappa shape index (κ3) is 3.57. The summed E-state index contributed by atoms with van der Waals surface area (Å²) in [5.74, 6) is 0.561. The molecular weight excluding hydrogens is 526 g/mol. The molecule has 43 heavy (non-hydrogen) atoms.